The Morgan fingerprint density at radius 2 is 0.938 bits per heavy atom. The maximum absolute atomic E-state index is 5.97. The van der Waals surface area contributed by atoms with Crippen LogP contribution in [0.5, 0.6) is 0 Å². The molecule has 0 aliphatic heterocycles. The molecular formula is C12H14N4. The molecular weight excluding hydrogens is 200 g/mol. The highest BCUT2D eigenvalue weighted by atomic mass is 15.4. The fraction of sp³-hybridized carbons (Fsp3) is 0. The van der Waals surface area contributed by atoms with Crippen LogP contribution < -0.4 is 22.3 Å². The molecule has 0 aromatic heterocycles. The van der Waals surface area contributed by atoms with Gasteiger partial charge in [-0.05, 0) is 48.5 Å². The van der Waals surface area contributed by atoms with Gasteiger partial charge in [0.25, 0.3) is 0 Å². The number of anilines is 4. The van der Waals surface area contributed by atoms with Crippen LogP contribution in [0.1, 0.15) is 0 Å². The summed E-state index contributed by atoms with van der Waals surface area (Å²) in [6.07, 6.45) is 0. The number of benzene rings is 2. The Balaban J connectivity index is 2.28. The predicted octanol–water partition coefficient (Wildman–Crippen LogP) is 1.86. The standard InChI is InChI=1S/C12H14N4/c13-9-1-5-11(6-2-9)16(15)12-7-3-10(14)4-8-12/h1-8H,13-15H2. The van der Waals surface area contributed by atoms with Gasteiger partial charge in [0.2, 0.25) is 0 Å². The number of nitrogens with two attached hydrogens (primary N) is 3. The summed E-state index contributed by atoms with van der Waals surface area (Å²) in [6.45, 7) is 0. The SMILES string of the molecule is Nc1ccc(N(N)c2ccc(N)cc2)cc1. The maximum atomic E-state index is 5.97. The molecule has 2 rings (SSSR count). The van der Waals surface area contributed by atoms with Crippen molar-refractivity contribution in [3.05, 3.63) is 48.5 Å². The Morgan fingerprint density at radius 3 is 1.25 bits per heavy atom. The predicted molar refractivity (Wildman–Crippen MR) is 68.0 cm³/mol. The van der Waals surface area contributed by atoms with E-state index < -0.39 is 0 Å². The monoisotopic (exact) mass is 214 g/mol. The number of hydrogen-bond acceptors (Lipinski definition) is 4. The first-order chi connectivity index (χ1) is 7.66. The summed E-state index contributed by atoms with van der Waals surface area (Å²) in [5.74, 6) is 5.97. The normalized spacial score (nSPS) is 10.1. The van der Waals surface area contributed by atoms with Crippen LogP contribution in [0.15, 0.2) is 48.5 Å². The van der Waals surface area contributed by atoms with Gasteiger partial charge in [0.15, 0.2) is 0 Å². The topological polar surface area (TPSA) is 81.3 Å². The second-order valence-electron chi connectivity index (χ2n) is 3.55. The lowest BCUT2D eigenvalue weighted by Crippen LogP contribution is -2.24. The Bertz CT molecular complexity index is 416. The van der Waals surface area contributed by atoms with Gasteiger partial charge in [-0.15, -0.1) is 0 Å². The molecule has 0 amide bonds. The van der Waals surface area contributed by atoms with Crippen molar-refractivity contribution in [2.24, 2.45) is 5.84 Å². The second-order valence-corrected chi connectivity index (χ2v) is 3.55. The van der Waals surface area contributed by atoms with Gasteiger partial charge in [-0.2, -0.15) is 0 Å². The average Bonchev–Trinajstić information content (AvgIpc) is 2.30. The zero-order valence-electron chi connectivity index (χ0n) is 8.80. The van der Waals surface area contributed by atoms with Gasteiger partial charge in [-0.25, -0.2) is 5.84 Å². The number of nitrogens with zero attached hydrogens (tertiary/aromatic N) is 1. The summed E-state index contributed by atoms with van der Waals surface area (Å²) in [5, 5.41) is 1.58. The van der Waals surface area contributed by atoms with Crippen LogP contribution in [0, 0.1) is 0 Å². The third-order valence-corrected chi connectivity index (χ3v) is 2.34. The molecule has 82 valence electrons. The minimum absolute atomic E-state index is 0.717. The lowest BCUT2D eigenvalue weighted by Gasteiger charge is -2.18. The molecule has 0 spiro atoms. The molecule has 2 aromatic carbocycles. The highest BCUT2D eigenvalue weighted by Crippen LogP contribution is 2.23. The number of rotatable bonds is 2. The van der Waals surface area contributed by atoms with Gasteiger partial charge in [-0.1, -0.05) is 0 Å². The van der Waals surface area contributed by atoms with Crippen molar-refractivity contribution >= 4 is 22.7 Å². The van der Waals surface area contributed by atoms with Gasteiger partial charge >= 0.3 is 0 Å². The van der Waals surface area contributed by atoms with Crippen molar-refractivity contribution in [2.45, 2.75) is 0 Å². The summed E-state index contributed by atoms with van der Waals surface area (Å²) >= 11 is 0. The van der Waals surface area contributed by atoms with E-state index in [-0.39, 0.29) is 0 Å². The highest BCUT2D eigenvalue weighted by Gasteiger charge is 2.03. The average molecular weight is 214 g/mol. The summed E-state index contributed by atoms with van der Waals surface area (Å²) in [6, 6.07) is 14.7. The van der Waals surface area contributed by atoms with E-state index in [0.717, 1.165) is 22.7 Å². The van der Waals surface area contributed by atoms with Gasteiger partial charge in [0.1, 0.15) is 0 Å². The van der Waals surface area contributed by atoms with E-state index in [4.69, 9.17) is 17.3 Å². The van der Waals surface area contributed by atoms with Crippen LogP contribution >= 0.6 is 0 Å². The van der Waals surface area contributed by atoms with Gasteiger partial charge < -0.3 is 11.5 Å². The molecule has 0 saturated heterocycles. The van der Waals surface area contributed by atoms with Gasteiger partial charge in [0.05, 0.1) is 11.4 Å². The smallest absolute Gasteiger partial charge is 0.0576 e. The van der Waals surface area contributed by atoms with Crippen molar-refractivity contribution in [1.82, 2.24) is 0 Å². The molecule has 0 aliphatic rings. The van der Waals surface area contributed by atoms with Crippen molar-refractivity contribution in [3.63, 3.8) is 0 Å². The molecule has 0 fully saturated rings. The fourth-order valence-corrected chi connectivity index (χ4v) is 1.42. The molecule has 0 heterocycles. The van der Waals surface area contributed by atoms with Crippen molar-refractivity contribution < 1.29 is 0 Å². The van der Waals surface area contributed by atoms with Crippen LogP contribution in [0.3, 0.4) is 0 Å². The summed E-state index contributed by atoms with van der Waals surface area (Å²) in [7, 11) is 0. The molecule has 0 unspecified atom stereocenters. The Morgan fingerprint density at radius 1 is 0.625 bits per heavy atom. The molecule has 6 N–H and O–H groups in total. The molecule has 0 radical (unpaired) electrons. The lowest BCUT2D eigenvalue weighted by molar-refractivity contribution is 1.09. The first-order valence-corrected chi connectivity index (χ1v) is 4.93. The molecule has 0 saturated carbocycles. The Kier molecular flexibility index (Phi) is 2.66. The Labute approximate surface area is 94.2 Å². The van der Waals surface area contributed by atoms with E-state index in [0.29, 0.717) is 0 Å². The van der Waals surface area contributed by atoms with E-state index in [1.807, 2.05) is 48.5 Å². The minimum atomic E-state index is 0.717. The zero-order chi connectivity index (χ0) is 11.5. The van der Waals surface area contributed by atoms with Crippen LogP contribution in [-0.4, -0.2) is 0 Å². The fourth-order valence-electron chi connectivity index (χ4n) is 1.42. The van der Waals surface area contributed by atoms with E-state index in [1.54, 1.807) is 5.01 Å². The number of nitrogen functional groups attached to an aromatic ring is 2. The molecule has 16 heavy (non-hydrogen) atoms. The van der Waals surface area contributed by atoms with E-state index in [2.05, 4.69) is 0 Å². The molecule has 0 atom stereocenters. The molecule has 0 aliphatic carbocycles. The third-order valence-electron chi connectivity index (χ3n) is 2.34. The largest absolute Gasteiger partial charge is 0.399 e. The number of hydrazine groups is 1. The molecule has 0 bridgehead atoms. The summed E-state index contributed by atoms with van der Waals surface area (Å²) in [4.78, 5) is 0. The lowest BCUT2D eigenvalue weighted by atomic mass is 10.2. The third kappa shape index (κ3) is 2.07. The van der Waals surface area contributed by atoms with E-state index in [1.165, 1.54) is 0 Å². The maximum Gasteiger partial charge on any atom is 0.0576 e. The second kappa shape index (κ2) is 4.12. The van der Waals surface area contributed by atoms with Crippen LogP contribution in [0.4, 0.5) is 22.7 Å². The van der Waals surface area contributed by atoms with Crippen LogP contribution in [-0.2, 0) is 0 Å². The molecule has 4 heteroatoms. The van der Waals surface area contributed by atoms with Crippen molar-refractivity contribution in [1.29, 1.82) is 0 Å². The zero-order valence-corrected chi connectivity index (χ0v) is 8.80. The van der Waals surface area contributed by atoms with Crippen LogP contribution in [0.25, 0.3) is 0 Å². The molecule has 2 aromatic rings. The molecule has 4 nitrogen and oxygen atoms in total. The summed E-state index contributed by atoms with van der Waals surface area (Å²) in [5.41, 5.74) is 14.4. The highest BCUT2D eigenvalue weighted by molar-refractivity contribution is 5.64. The quantitative estimate of drug-likeness (QED) is 0.405. The number of hydrogen-bond donors (Lipinski definition) is 3. The van der Waals surface area contributed by atoms with Crippen molar-refractivity contribution in [2.75, 3.05) is 16.5 Å². The van der Waals surface area contributed by atoms with E-state index in [9.17, 15) is 0 Å². The van der Waals surface area contributed by atoms with Crippen LogP contribution in [0.2, 0.25) is 0 Å². The Hall–Kier alpha value is -2.20. The first kappa shape index (κ1) is 10.3. The van der Waals surface area contributed by atoms with Gasteiger partial charge in [-0.3, -0.25) is 5.01 Å². The van der Waals surface area contributed by atoms with Crippen molar-refractivity contribution in [3.8, 4) is 0 Å². The first-order valence-electron chi connectivity index (χ1n) is 4.93. The summed E-state index contributed by atoms with van der Waals surface area (Å²) < 4.78 is 0. The minimum Gasteiger partial charge on any atom is -0.399 e. The van der Waals surface area contributed by atoms with Gasteiger partial charge in [0, 0.05) is 11.4 Å². The van der Waals surface area contributed by atoms with E-state index >= 15 is 0 Å².